The number of esters is 1. The number of carboxylic acids is 1. The van der Waals surface area contributed by atoms with Gasteiger partial charge in [-0.25, -0.2) is 14.6 Å². The van der Waals surface area contributed by atoms with Crippen molar-refractivity contribution in [2.75, 3.05) is 18.6 Å². The molecule has 2 rings (SSSR count). The first-order valence-electron chi connectivity index (χ1n) is 6.67. The Labute approximate surface area is 117 Å². The maximum atomic E-state index is 11.5. The van der Waals surface area contributed by atoms with Crippen molar-refractivity contribution in [3.05, 3.63) is 24.0 Å². The van der Waals surface area contributed by atoms with Gasteiger partial charge in [0, 0.05) is 18.4 Å². The lowest BCUT2D eigenvalue weighted by Gasteiger charge is -2.29. The zero-order valence-electron chi connectivity index (χ0n) is 11.4. The number of rotatable bonds is 3. The normalized spacial score (nSPS) is 19.2. The van der Waals surface area contributed by atoms with Crippen molar-refractivity contribution < 1.29 is 19.4 Å². The maximum Gasteiger partial charge on any atom is 0.356 e. The molecule has 1 unspecified atom stereocenters. The summed E-state index contributed by atoms with van der Waals surface area (Å²) >= 11 is 0. The number of nitrogens with zero attached hydrogens (tertiary/aromatic N) is 2. The summed E-state index contributed by atoms with van der Waals surface area (Å²) in [4.78, 5) is 28.7. The lowest BCUT2D eigenvalue weighted by atomic mass is 10.1. The second-order valence-corrected chi connectivity index (χ2v) is 4.79. The highest BCUT2D eigenvalue weighted by Crippen LogP contribution is 2.24. The molecule has 1 atom stereocenters. The van der Waals surface area contributed by atoms with Crippen LogP contribution in [-0.4, -0.2) is 41.7 Å². The van der Waals surface area contributed by atoms with Gasteiger partial charge in [0.2, 0.25) is 0 Å². The van der Waals surface area contributed by atoms with Gasteiger partial charge in [0.25, 0.3) is 0 Å². The van der Waals surface area contributed by atoms with Crippen LogP contribution in [0.3, 0.4) is 0 Å². The van der Waals surface area contributed by atoms with Gasteiger partial charge in [-0.2, -0.15) is 0 Å². The largest absolute Gasteiger partial charge is 0.480 e. The summed E-state index contributed by atoms with van der Waals surface area (Å²) < 4.78 is 4.64. The van der Waals surface area contributed by atoms with E-state index >= 15 is 0 Å². The summed E-state index contributed by atoms with van der Waals surface area (Å²) in [7, 11) is 1.29. The highest BCUT2D eigenvalue weighted by Gasteiger charge is 2.27. The van der Waals surface area contributed by atoms with Crippen LogP contribution in [0.25, 0.3) is 0 Å². The monoisotopic (exact) mass is 278 g/mol. The number of carboxylic acid groups (broad SMARTS) is 1. The van der Waals surface area contributed by atoms with Crippen molar-refractivity contribution in [3.63, 3.8) is 0 Å². The van der Waals surface area contributed by atoms with Crippen LogP contribution < -0.4 is 4.90 Å². The van der Waals surface area contributed by atoms with Gasteiger partial charge in [-0.3, -0.25) is 0 Å². The summed E-state index contributed by atoms with van der Waals surface area (Å²) in [5.74, 6) is -1.35. The van der Waals surface area contributed by atoms with E-state index in [2.05, 4.69) is 9.72 Å². The molecule has 108 valence electrons. The molecule has 0 spiro atoms. The molecule has 1 aromatic rings. The molecule has 0 aromatic carbocycles. The fraction of sp³-hybridized carbons (Fsp3) is 0.500. The van der Waals surface area contributed by atoms with Crippen LogP contribution in [0.15, 0.2) is 18.3 Å². The van der Waals surface area contributed by atoms with Gasteiger partial charge >= 0.3 is 11.9 Å². The Bertz CT molecular complexity index is 504. The Kier molecular flexibility index (Phi) is 4.55. The van der Waals surface area contributed by atoms with E-state index in [1.165, 1.54) is 13.3 Å². The highest BCUT2D eigenvalue weighted by atomic mass is 16.5. The lowest BCUT2D eigenvalue weighted by Crippen LogP contribution is -2.41. The van der Waals surface area contributed by atoms with E-state index in [9.17, 15) is 14.7 Å². The van der Waals surface area contributed by atoms with E-state index in [4.69, 9.17) is 0 Å². The number of pyridine rings is 1. The standard InChI is InChI=1S/C14H18N2O4/c1-20-14(19)11-9-10(6-7-15-11)16-8-4-2-3-5-12(16)13(17)18/h6-7,9,12H,2-5,8H2,1H3,(H,17,18). The van der Waals surface area contributed by atoms with E-state index in [-0.39, 0.29) is 5.69 Å². The summed E-state index contributed by atoms with van der Waals surface area (Å²) in [5, 5.41) is 9.37. The number of ether oxygens (including phenoxy) is 1. The average molecular weight is 278 g/mol. The minimum Gasteiger partial charge on any atom is -0.480 e. The second-order valence-electron chi connectivity index (χ2n) is 4.79. The highest BCUT2D eigenvalue weighted by molar-refractivity contribution is 5.88. The summed E-state index contributed by atoms with van der Waals surface area (Å²) in [5.41, 5.74) is 0.896. The Balaban J connectivity index is 2.31. The molecule has 2 heterocycles. The van der Waals surface area contributed by atoms with Crippen LogP contribution in [0.4, 0.5) is 5.69 Å². The summed E-state index contributed by atoms with van der Waals surface area (Å²) in [6.07, 6.45) is 4.99. The molecular formula is C14H18N2O4. The first-order valence-corrected chi connectivity index (χ1v) is 6.67. The first kappa shape index (κ1) is 14.3. The molecule has 0 aliphatic carbocycles. The first-order chi connectivity index (χ1) is 9.63. The lowest BCUT2D eigenvalue weighted by molar-refractivity contribution is -0.138. The van der Waals surface area contributed by atoms with Gasteiger partial charge in [0.05, 0.1) is 7.11 Å². The number of carbonyl (C=O) groups excluding carboxylic acids is 1. The fourth-order valence-corrected chi connectivity index (χ4v) is 2.49. The van der Waals surface area contributed by atoms with Crippen molar-refractivity contribution >= 4 is 17.6 Å². The molecule has 0 bridgehead atoms. The molecule has 1 N–H and O–H groups in total. The molecule has 20 heavy (non-hydrogen) atoms. The molecule has 6 heteroatoms. The van der Waals surface area contributed by atoms with Gasteiger partial charge in [0.15, 0.2) is 0 Å². The van der Waals surface area contributed by atoms with Gasteiger partial charge in [-0.1, -0.05) is 12.8 Å². The number of methoxy groups -OCH3 is 1. The number of anilines is 1. The van der Waals surface area contributed by atoms with E-state index < -0.39 is 18.0 Å². The van der Waals surface area contributed by atoms with E-state index in [0.29, 0.717) is 18.7 Å². The molecule has 6 nitrogen and oxygen atoms in total. The topological polar surface area (TPSA) is 79.7 Å². The van der Waals surface area contributed by atoms with Gasteiger partial charge in [-0.05, 0) is 25.0 Å². The minimum atomic E-state index is -0.830. The number of carbonyl (C=O) groups is 2. The van der Waals surface area contributed by atoms with Crippen molar-refractivity contribution in [1.29, 1.82) is 0 Å². The fourth-order valence-electron chi connectivity index (χ4n) is 2.49. The molecule has 0 saturated carbocycles. The minimum absolute atomic E-state index is 0.193. The molecule has 1 aliphatic heterocycles. The maximum absolute atomic E-state index is 11.5. The molecule has 1 aliphatic rings. The van der Waals surface area contributed by atoms with Gasteiger partial charge in [-0.15, -0.1) is 0 Å². The van der Waals surface area contributed by atoms with Crippen LogP contribution in [0.2, 0.25) is 0 Å². The third-order valence-electron chi connectivity index (χ3n) is 3.51. The SMILES string of the molecule is COC(=O)c1cc(N2CCCCCC2C(=O)O)ccn1. The van der Waals surface area contributed by atoms with Crippen LogP contribution in [0.5, 0.6) is 0 Å². The number of aromatic nitrogens is 1. The Morgan fingerprint density at radius 2 is 2.20 bits per heavy atom. The van der Waals surface area contributed by atoms with E-state index in [1.807, 2.05) is 4.90 Å². The van der Waals surface area contributed by atoms with Crippen LogP contribution in [-0.2, 0) is 9.53 Å². The average Bonchev–Trinajstić information content (AvgIpc) is 2.72. The van der Waals surface area contributed by atoms with Crippen molar-refractivity contribution in [3.8, 4) is 0 Å². The molecule has 1 saturated heterocycles. The quantitative estimate of drug-likeness (QED) is 0.848. The third kappa shape index (κ3) is 3.07. The zero-order valence-corrected chi connectivity index (χ0v) is 11.4. The number of aliphatic carboxylic acids is 1. The number of hydrogen-bond donors (Lipinski definition) is 1. The molecule has 1 aromatic heterocycles. The molecule has 0 amide bonds. The second kappa shape index (κ2) is 6.36. The van der Waals surface area contributed by atoms with Gasteiger partial charge < -0.3 is 14.7 Å². The van der Waals surface area contributed by atoms with Crippen LogP contribution in [0.1, 0.15) is 36.2 Å². The van der Waals surface area contributed by atoms with Crippen molar-refractivity contribution in [2.45, 2.75) is 31.7 Å². The molecule has 0 radical (unpaired) electrons. The molecule has 1 fully saturated rings. The number of hydrogen-bond acceptors (Lipinski definition) is 5. The molecular weight excluding hydrogens is 260 g/mol. The summed E-state index contributed by atoms with van der Waals surface area (Å²) in [6.45, 7) is 0.668. The Morgan fingerprint density at radius 1 is 1.40 bits per heavy atom. The predicted octanol–water partition coefficient (Wildman–Crippen LogP) is 1.70. The van der Waals surface area contributed by atoms with E-state index in [0.717, 1.165) is 19.3 Å². The van der Waals surface area contributed by atoms with Crippen molar-refractivity contribution in [2.24, 2.45) is 0 Å². The third-order valence-corrected chi connectivity index (χ3v) is 3.51. The van der Waals surface area contributed by atoms with Crippen molar-refractivity contribution in [1.82, 2.24) is 4.98 Å². The smallest absolute Gasteiger partial charge is 0.356 e. The Morgan fingerprint density at radius 3 is 2.90 bits per heavy atom. The summed E-state index contributed by atoms with van der Waals surface area (Å²) in [6, 6.07) is 2.77. The van der Waals surface area contributed by atoms with Gasteiger partial charge in [0.1, 0.15) is 11.7 Å². The zero-order chi connectivity index (χ0) is 14.5. The predicted molar refractivity (Wildman–Crippen MR) is 72.8 cm³/mol. The van der Waals surface area contributed by atoms with E-state index in [1.54, 1.807) is 12.1 Å². The van der Waals surface area contributed by atoms with Crippen LogP contribution in [0, 0.1) is 0 Å². The Hall–Kier alpha value is -2.11. The van der Waals surface area contributed by atoms with Crippen LogP contribution >= 0.6 is 0 Å².